The highest BCUT2D eigenvalue weighted by molar-refractivity contribution is 8.01. The first kappa shape index (κ1) is 13.3. The summed E-state index contributed by atoms with van der Waals surface area (Å²) in [5, 5.41) is 0. The SMILES string of the molecule is CC12CCC(=O)N1C(C(=O)N1CCCCCC1)CS2. The Morgan fingerprint density at radius 3 is 2.63 bits per heavy atom. The molecule has 0 aromatic rings. The Labute approximate surface area is 118 Å². The Kier molecular flexibility index (Phi) is 3.50. The largest absolute Gasteiger partial charge is 0.341 e. The molecule has 0 radical (unpaired) electrons. The third-order valence-corrected chi connectivity index (χ3v) is 6.15. The summed E-state index contributed by atoms with van der Waals surface area (Å²) in [6.07, 6.45) is 6.16. The van der Waals surface area contributed by atoms with Gasteiger partial charge in [0.25, 0.3) is 0 Å². The van der Waals surface area contributed by atoms with Gasteiger partial charge in [-0.1, -0.05) is 12.8 Å². The molecule has 0 saturated carbocycles. The number of likely N-dealkylation sites (tertiary alicyclic amines) is 1. The van der Waals surface area contributed by atoms with Crippen molar-refractivity contribution in [3.05, 3.63) is 0 Å². The van der Waals surface area contributed by atoms with Gasteiger partial charge in [0.2, 0.25) is 11.8 Å². The lowest BCUT2D eigenvalue weighted by Gasteiger charge is -2.32. The number of carbonyl (C=O) groups excluding carboxylic acids is 2. The van der Waals surface area contributed by atoms with E-state index in [1.807, 2.05) is 9.80 Å². The van der Waals surface area contributed by atoms with Crippen molar-refractivity contribution in [2.75, 3.05) is 18.8 Å². The molecule has 4 nitrogen and oxygen atoms in total. The minimum absolute atomic E-state index is 0.122. The van der Waals surface area contributed by atoms with E-state index in [9.17, 15) is 9.59 Å². The topological polar surface area (TPSA) is 40.6 Å². The number of hydrogen-bond acceptors (Lipinski definition) is 3. The third-order valence-electron chi connectivity index (χ3n) is 4.65. The number of rotatable bonds is 1. The van der Waals surface area contributed by atoms with Crippen LogP contribution in [0.4, 0.5) is 0 Å². The summed E-state index contributed by atoms with van der Waals surface area (Å²) in [7, 11) is 0. The van der Waals surface area contributed by atoms with Gasteiger partial charge in [0.15, 0.2) is 0 Å². The van der Waals surface area contributed by atoms with E-state index in [1.165, 1.54) is 12.8 Å². The first-order valence-corrected chi connectivity index (χ1v) is 8.35. The van der Waals surface area contributed by atoms with Gasteiger partial charge >= 0.3 is 0 Å². The number of thioether (sulfide) groups is 1. The minimum Gasteiger partial charge on any atom is -0.341 e. The van der Waals surface area contributed by atoms with Crippen LogP contribution in [0.25, 0.3) is 0 Å². The second kappa shape index (κ2) is 5.00. The standard InChI is InChI=1S/C14H22N2O2S/c1-14-7-6-12(17)16(14)11(10-19-14)13(18)15-8-4-2-3-5-9-15/h11H,2-10H2,1H3. The highest BCUT2D eigenvalue weighted by atomic mass is 32.2. The van der Waals surface area contributed by atoms with Crippen molar-refractivity contribution in [1.29, 1.82) is 0 Å². The Hall–Kier alpha value is -0.710. The fraction of sp³-hybridized carbons (Fsp3) is 0.857. The van der Waals surface area contributed by atoms with Crippen LogP contribution in [-0.4, -0.2) is 51.4 Å². The molecule has 0 N–H and O–H groups in total. The van der Waals surface area contributed by atoms with Crippen LogP contribution in [0.3, 0.4) is 0 Å². The van der Waals surface area contributed by atoms with E-state index in [4.69, 9.17) is 0 Å². The summed E-state index contributed by atoms with van der Waals surface area (Å²) in [5.41, 5.74) is 0. The van der Waals surface area contributed by atoms with Crippen molar-refractivity contribution >= 4 is 23.6 Å². The molecule has 19 heavy (non-hydrogen) atoms. The average Bonchev–Trinajstić information content (AvgIpc) is 2.74. The van der Waals surface area contributed by atoms with E-state index in [0.29, 0.717) is 6.42 Å². The van der Waals surface area contributed by atoms with Crippen LogP contribution in [0.5, 0.6) is 0 Å². The molecular formula is C14H22N2O2S. The monoisotopic (exact) mass is 282 g/mol. The fourth-order valence-electron chi connectivity index (χ4n) is 3.51. The van der Waals surface area contributed by atoms with Crippen LogP contribution in [0.15, 0.2) is 0 Å². The molecule has 2 atom stereocenters. The Bertz CT molecular complexity index is 393. The van der Waals surface area contributed by atoms with Crippen molar-refractivity contribution < 1.29 is 9.59 Å². The van der Waals surface area contributed by atoms with Crippen molar-refractivity contribution in [2.45, 2.75) is 56.4 Å². The first-order chi connectivity index (χ1) is 9.12. The second-order valence-corrected chi connectivity index (χ2v) is 7.51. The summed E-state index contributed by atoms with van der Waals surface area (Å²) < 4.78 is 0. The third kappa shape index (κ3) is 2.26. The maximum absolute atomic E-state index is 12.7. The number of amides is 2. The smallest absolute Gasteiger partial charge is 0.246 e. The molecule has 3 aliphatic rings. The zero-order chi connectivity index (χ0) is 13.5. The maximum atomic E-state index is 12.7. The van der Waals surface area contributed by atoms with Gasteiger partial charge in [0.05, 0.1) is 4.87 Å². The van der Waals surface area contributed by atoms with Gasteiger partial charge in [-0.15, -0.1) is 11.8 Å². The van der Waals surface area contributed by atoms with Crippen LogP contribution < -0.4 is 0 Å². The van der Waals surface area contributed by atoms with Crippen molar-refractivity contribution in [1.82, 2.24) is 9.80 Å². The van der Waals surface area contributed by atoms with E-state index < -0.39 is 0 Å². The van der Waals surface area contributed by atoms with Crippen LogP contribution in [0.2, 0.25) is 0 Å². The van der Waals surface area contributed by atoms with Gasteiger partial charge in [-0.25, -0.2) is 0 Å². The molecule has 3 rings (SSSR count). The lowest BCUT2D eigenvalue weighted by molar-refractivity contribution is -0.143. The van der Waals surface area contributed by atoms with E-state index in [1.54, 1.807) is 11.8 Å². The lowest BCUT2D eigenvalue weighted by atomic mass is 10.2. The Morgan fingerprint density at radius 2 is 1.95 bits per heavy atom. The number of nitrogens with zero attached hydrogens (tertiary/aromatic N) is 2. The summed E-state index contributed by atoms with van der Waals surface area (Å²) in [4.78, 5) is 28.5. The van der Waals surface area contributed by atoms with Gasteiger partial charge in [-0.2, -0.15) is 0 Å². The second-order valence-electron chi connectivity index (χ2n) is 6.01. The van der Waals surface area contributed by atoms with Gasteiger partial charge in [-0.3, -0.25) is 9.59 Å². The molecule has 3 aliphatic heterocycles. The Morgan fingerprint density at radius 1 is 1.26 bits per heavy atom. The van der Waals surface area contributed by atoms with E-state index in [-0.39, 0.29) is 22.7 Å². The normalized spacial score (nSPS) is 35.4. The minimum atomic E-state index is -0.205. The van der Waals surface area contributed by atoms with Crippen molar-refractivity contribution in [3.8, 4) is 0 Å². The molecule has 3 heterocycles. The van der Waals surface area contributed by atoms with Crippen molar-refractivity contribution in [3.63, 3.8) is 0 Å². The van der Waals surface area contributed by atoms with Gasteiger partial charge in [0, 0.05) is 25.3 Å². The van der Waals surface area contributed by atoms with Gasteiger partial charge < -0.3 is 9.80 Å². The summed E-state index contributed by atoms with van der Waals surface area (Å²) in [6, 6.07) is -0.205. The molecule has 3 fully saturated rings. The van der Waals surface area contributed by atoms with Crippen LogP contribution in [-0.2, 0) is 9.59 Å². The molecule has 5 heteroatoms. The van der Waals surface area contributed by atoms with Gasteiger partial charge in [0.1, 0.15) is 6.04 Å². The molecular weight excluding hydrogens is 260 g/mol. The summed E-state index contributed by atoms with van der Waals surface area (Å²) >= 11 is 1.78. The first-order valence-electron chi connectivity index (χ1n) is 7.37. The van der Waals surface area contributed by atoms with Crippen molar-refractivity contribution in [2.24, 2.45) is 0 Å². The summed E-state index contributed by atoms with van der Waals surface area (Å²) in [5.74, 6) is 1.13. The highest BCUT2D eigenvalue weighted by Crippen LogP contribution is 2.47. The van der Waals surface area contributed by atoms with E-state index in [2.05, 4.69) is 6.92 Å². The molecule has 0 aromatic carbocycles. The average molecular weight is 282 g/mol. The highest BCUT2D eigenvalue weighted by Gasteiger charge is 2.53. The molecule has 0 bridgehead atoms. The van der Waals surface area contributed by atoms with Crippen LogP contribution >= 0.6 is 11.8 Å². The van der Waals surface area contributed by atoms with E-state index >= 15 is 0 Å². The predicted molar refractivity (Wildman–Crippen MR) is 75.8 cm³/mol. The van der Waals surface area contributed by atoms with Crippen LogP contribution in [0.1, 0.15) is 45.4 Å². The molecule has 2 unspecified atom stereocenters. The molecule has 0 spiro atoms. The van der Waals surface area contributed by atoms with E-state index in [0.717, 1.165) is 38.1 Å². The number of fused-ring (bicyclic) bond motifs is 1. The number of hydrogen-bond donors (Lipinski definition) is 0. The predicted octanol–water partition coefficient (Wildman–Crippen LogP) is 1.84. The lowest BCUT2D eigenvalue weighted by Crippen LogP contribution is -2.51. The molecule has 0 aliphatic carbocycles. The molecule has 3 saturated heterocycles. The quantitative estimate of drug-likeness (QED) is 0.737. The molecule has 106 valence electrons. The Balaban J connectivity index is 1.75. The molecule has 0 aromatic heterocycles. The summed E-state index contributed by atoms with van der Waals surface area (Å²) in [6.45, 7) is 3.86. The maximum Gasteiger partial charge on any atom is 0.246 e. The van der Waals surface area contributed by atoms with Gasteiger partial charge in [-0.05, 0) is 26.2 Å². The fourth-order valence-corrected chi connectivity index (χ4v) is 4.93. The zero-order valence-corrected chi connectivity index (χ0v) is 12.4. The zero-order valence-electron chi connectivity index (χ0n) is 11.6. The number of carbonyl (C=O) groups is 2. The van der Waals surface area contributed by atoms with Crippen LogP contribution in [0, 0.1) is 0 Å². The molecule has 2 amide bonds.